The number of likely N-dealkylation sites (tertiary alicyclic amines) is 1. The number of nitrogens with one attached hydrogen (secondary N) is 2. The molecule has 2 N–H and O–H groups in total. The summed E-state index contributed by atoms with van der Waals surface area (Å²) in [5.74, 6) is 1.59. The number of aliphatic imine (C=N–C) groups is 1. The van der Waals surface area contributed by atoms with Gasteiger partial charge in [-0.25, -0.2) is 0 Å². The maximum atomic E-state index is 5.78. The smallest absolute Gasteiger partial charge is 0.190 e. The van der Waals surface area contributed by atoms with E-state index >= 15 is 0 Å². The number of ether oxygens (including phenoxy) is 2. The monoisotopic (exact) mass is 340 g/mol. The highest BCUT2D eigenvalue weighted by molar-refractivity contribution is 5.79. The Bertz CT molecular complexity index is 340. The molecule has 6 heteroatoms. The third-order valence-electron chi connectivity index (χ3n) is 4.82. The predicted molar refractivity (Wildman–Crippen MR) is 98.6 cm³/mol. The molecule has 6 nitrogen and oxygen atoms in total. The normalized spacial score (nSPS) is 20.5. The molecule has 0 amide bonds. The lowest BCUT2D eigenvalue weighted by molar-refractivity contribution is 0.0203. The maximum Gasteiger partial charge on any atom is 0.190 e. The van der Waals surface area contributed by atoms with Crippen LogP contribution in [-0.2, 0) is 9.47 Å². The maximum absolute atomic E-state index is 5.78. The van der Waals surface area contributed by atoms with E-state index in [2.05, 4.69) is 20.5 Å². The molecule has 0 atom stereocenters. The van der Waals surface area contributed by atoms with Gasteiger partial charge in [-0.15, -0.1) is 0 Å². The molecule has 0 aromatic rings. The number of rotatable bonds is 10. The highest BCUT2D eigenvalue weighted by Crippen LogP contribution is 2.14. The minimum absolute atomic E-state index is 0.691. The van der Waals surface area contributed by atoms with Crippen molar-refractivity contribution in [1.82, 2.24) is 15.5 Å². The Balaban J connectivity index is 1.40. The van der Waals surface area contributed by atoms with Gasteiger partial charge in [-0.1, -0.05) is 0 Å². The van der Waals surface area contributed by atoms with Crippen molar-refractivity contribution < 1.29 is 9.47 Å². The van der Waals surface area contributed by atoms with Gasteiger partial charge in [0.2, 0.25) is 0 Å². The summed E-state index contributed by atoms with van der Waals surface area (Å²) < 4.78 is 11.1. The molecule has 2 heterocycles. The van der Waals surface area contributed by atoms with Crippen molar-refractivity contribution in [3.8, 4) is 0 Å². The van der Waals surface area contributed by atoms with Gasteiger partial charge in [-0.3, -0.25) is 4.99 Å². The second-order valence-electron chi connectivity index (χ2n) is 6.81. The topological polar surface area (TPSA) is 58.1 Å². The van der Waals surface area contributed by atoms with Crippen LogP contribution in [0.15, 0.2) is 4.99 Å². The first-order valence-corrected chi connectivity index (χ1v) is 9.71. The molecule has 2 aliphatic heterocycles. The van der Waals surface area contributed by atoms with Crippen LogP contribution in [0, 0.1) is 5.92 Å². The minimum atomic E-state index is 0.691. The van der Waals surface area contributed by atoms with Gasteiger partial charge < -0.3 is 25.0 Å². The van der Waals surface area contributed by atoms with Gasteiger partial charge in [0.1, 0.15) is 0 Å². The van der Waals surface area contributed by atoms with Crippen LogP contribution in [0.5, 0.6) is 0 Å². The molecule has 2 rings (SSSR count). The minimum Gasteiger partial charge on any atom is -0.381 e. The lowest BCUT2D eigenvalue weighted by Gasteiger charge is -2.21. The van der Waals surface area contributed by atoms with Crippen LogP contribution in [0.25, 0.3) is 0 Å². The molecule has 0 aromatic carbocycles. The average molecular weight is 341 g/mol. The van der Waals surface area contributed by atoms with Gasteiger partial charge in [-0.2, -0.15) is 0 Å². The van der Waals surface area contributed by atoms with E-state index in [1.807, 2.05) is 7.05 Å². The largest absolute Gasteiger partial charge is 0.381 e. The third-order valence-corrected chi connectivity index (χ3v) is 4.82. The van der Waals surface area contributed by atoms with Crippen LogP contribution in [0.4, 0.5) is 0 Å². The fourth-order valence-electron chi connectivity index (χ4n) is 3.28. The van der Waals surface area contributed by atoms with E-state index in [9.17, 15) is 0 Å². The van der Waals surface area contributed by atoms with E-state index in [1.54, 1.807) is 0 Å². The van der Waals surface area contributed by atoms with Crippen molar-refractivity contribution >= 4 is 5.96 Å². The number of hydrogen-bond donors (Lipinski definition) is 2. The summed E-state index contributed by atoms with van der Waals surface area (Å²) >= 11 is 0. The molecule has 0 saturated carbocycles. The van der Waals surface area contributed by atoms with Gasteiger partial charge in [0.15, 0.2) is 5.96 Å². The number of nitrogens with zero attached hydrogens (tertiary/aromatic N) is 2. The molecule has 2 fully saturated rings. The zero-order valence-electron chi connectivity index (χ0n) is 15.4. The number of hydrogen-bond acceptors (Lipinski definition) is 4. The lowest BCUT2D eigenvalue weighted by atomic mass is 10.0. The van der Waals surface area contributed by atoms with Crippen molar-refractivity contribution in [1.29, 1.82) is 0 Å². The summed E-state index contributed by atoms with van der Waals surface area (Å²) in [6.07, 6.45) is 7.21. The van der Waals surface area contributed by atoms with Crippen LogP contribution < -0.4 is 10.6 Å². The van der Waals surface area contributed by atoms with E-state index in [4.69, 9.17) is 9.47 Å². The molecular formula is C18H36N4O2. The third kappa shape index (κ3) is 8.31. The summed E-state index contributed by atoms with van der Waals surface area (Å²) in [7, 11) is 1.83. The molecule has 2 aliphatic rings. The second-order valence-corrected chi connectivity index (χ2v) is 6.81. The molecule has 0 aliphatic carbocycles. The van der Waals surface area contributed by atoms with Gasteiger partial charge in [-0.05, 0) is 64.1 Å². The predicted octanol–water partition coefficient (Wildman–Crippen LogP) is 1.47. The zero-order chi connectivity index (χ0) is 16.9. The fourth-order valence-corrected chi connectivity index (χ4v) is 3.28. The van der Waals surface area contributed by atoms with Crippen molar-refractivity contribution in [2.75, 3.05) is 66.2 Å². The lowest BCUT2D eigenvalue weighted by Crippen LogP contribution is -2.39. The molecule has 140 valence electrons. The highest BCUT2D eigenvalue weighted by Gasteiger charge is 2.13. The van der Waals surface area contributed by atoms with E-state index < -0.39 is 0 Å². The zero-order valence-corrected chi connectivity index (χ0v) is 15.4. The van der Waals surface area contributed by atoms with E-state index in [0.29, 0.717) is 5.92 Å². The molecule has 0 bridgehead atoms. The van der Waals surface area contributed by atoms with Crippen LogP contribution in [0.2, 0.25) is 0 Å². The van der Waals surface area contributed by atoms with Gasteiger partial charge >= 0.3 is 0 Å². The van der Waals surface area contributed by atoms with Gasteiger partial charge in [0.25, 0.3) is 0 Å². The van der Waals surface area contributed by atoms with Crippen molar-refractivity contribution in [3.63, 3.8) is 0 Å². The Morgan fingerprint density at radius 1 is 1.12 bits per heavy atom. The van der Waals surface area contributed by atoms with E-state index in [-0.39, 0.29) is 0 Å². The summed E-state index contributed by atoms with van der Waals surface area (Å²) in [5, 5.41) is 6.76. The Hall–Kier alpha value is -0.850. The summed E-state index contributed by atoms with van der Waals surface area (Å²) in [6, 6.07) is 0. The molecule has 0 radical (unpaired) electrons. The van der Waals surface area contributed by atoms with E-state index in [1.165, 1.54) is 38.9 Å². The van der Waals surface area contributed by atoms with E-state index in [0.717, 1.165) is 64.7 Å². The Morgan fingerprint density at radius 2 is 1.83 bits per heavy atom. The van der Waals surface area contributed by atoms with Crippen LogP contribution in [-0.4, -0.2) is 77.1 Å². The van der Waals surface area contributed by atoms with Crippen molar-refractivity contribution in [3.05, 3.63) is 0 Å². The Kier molecular flexibility index (Phi) is 10.1. The second kappa shape index (κ2) is 12.5. The average Bonchev–Trinajstić information content (AvgIpc) is 3.14. The summed E-state index contributed by atoms with van der Waals surface area (Å²) in [6.45, 7) is 9.13. The molecule has 2 saturated heterocycles. The standard InChI is InChI=1S/C18H36N4O2/c1-19-18(20-8-4-12-22-10-2-3-11-22)21-9-5-13-24-16-17-6-14-23-15-7-17/h17H,2-16H2,1H3,(H2,19,20,21). The Labute approximate surface area is 147 Å². The van der Waals surface area contributed by atoms with Gasteiger partial charge in [0.05, 0.1) is 0 Å². The first kappa shape index (κ1) is 19.5. The van der Waals surface area contributed by atoms with Crippen LogP contribution >= 0.6 is 0 Å². The molecule has 0 spiro atoms. The molecule has 0 unspecified atom stereocenters. The summed E-state index contributed by atoms with van der Waals surface area (Å²) in [4.78, 5) is 6.82. The SMILES string of the molecule is CN=C(NCCCOCC1CCOCC1)NCCCN1CCCC1. The molecule has 0 aromatic heterocycles. The van der Waals surface area contributed by atoms with Crippen LogP contribution in [0.1, 0.15) is 38.5 Å². The van der Waals surface area contributed by atoms with Gasteiger partial charge in [0, 0.05) is 46.6 Å². The summed E-state index contributed by atoms with van der Waals surface area (Å²) in [5.41, 5.74) is 0. The molecular weight excluding hydrogens is 304 g/mol. The first-order chi connectivity index (χ1) is 11.9. The fraction of sp³-hybridized carbons (Fsp3) is 0.944. The van der Waals surface area contributed by atoms with Crippen molar-refractivity contribution in [2.45, 2.75) is 38.5 Å². The highest BCUT2D eigenvalue weighted by atomic mass is 16.5. The number of guanidine groups is 1. The molecule has 24 heavy (non-hydrogen) atoms. The first-order valence-electron chi connectivity index (χ1n) is 9.71. The quantitative estimate of drug-likeness (QED) is 0.358. The van der Waals surface area contributed by atoms with Crippen LogP contribution in [0.3, 0.4) is 0 Å². The van der Waals surface area contributed by atoms with Crippen molar-refractivity contribution in [2.24, 2.45) is 10.9 Å². The Morgan fingerprint density at radius 3 is 2.54 bits per heavy atom.